The van der Waals surface area contributed by atoms with Crippen molar-refractivity contribution in [1.82, 2.24) is 0 Å². The highest BCUT2D eigenvalue weighted by Gasteiger charge is 2.52. The first-order valence-electron chi connectivity index (χ1n) is 9.63. The average molecular weight is 433 g/mol. The van der Waals surface area contributed by atoms with E-state index in [1.165, 1.54) is 0 Å². The van der Waals surface area contributed by atoms with Crippen molar-refractivity contribution in [2.24, 2.45) is 0 Å². The zero-order chi connectivity index (χ0) is 20.9. The summed E-state index contributed by atoms with van der Waals surface area (Å²) < 4.78 is 0. The van der Waals surface area contributed by atoms with Crippen LogP contribution in [0, 0.1) is 0 Å². The lowest BCUT2D eigenvalue weighted by molar-refractivity contribution is 0.0749. The highest BCUT2D eigenvalue weighted by atomic mass is 35.5. The quantitative estimate of drug-likeness (QED) is 0.415. The number of aliphatic hydroxyl groups is 2. The summed E-state index contributed by atoms with van der Waals surface area (Å²) in [6.45, 7) is 0. The van der Waals surface area contributed by atoms with Crippen LogP contribution in [0.4, 0.5) is 0 Å². The Bertz CT molecular complexity index is 1140. The minimum atomic E-state index is -1.57. The molecule has 0 heterocycles. The standard InChI is InChI=1S/C26H18Cl2O2/c27-21-15-8-14-20-23(21)25(29,17-9-3-1-4-10-17)19-13-7-16-22(28)24(19)26(20,30)18-11-5-2-6-12-18/h1-16,29-30H. The third-order valence-corrected chi connectivity index (χ3v) is 6.54. The Hall–Kier alpha value is -2.62. The maximum Gasteiger partial charge on any atom is 0.142 e. The molecule has 2 atom stereocenters. The molecule has 1 aliphatic carbocycles. The first-order valence-corrected chi connectivity index (χ1v) is 10.4. The Kier molecular flexibility index (Phi) is 4.49. The summed E-state index contributed by atoms with van der Waals surface area (Å²) in [5.74, 6) is 0. The number of benzene rings is 4. The lowest BCUT2D eigenvalue weighted by Crippen LogP contribution is -2.44. The van der Waals surface area contributed by atoms with Crippen molar-refractivity contribution in [3.8, 4) is 0 Å². The third kappa shape index (κ3) is 2.52. The fraction of sp³-hybridized carbons (Fsp3) is 0.0769. The molecule has 0 saturated heterocycles. The van der Waals surface area contributed by atoms with E-state index in [4.69, 9.17) is 23.2 Å². The number of fused-ring (bicyclic) bond motifs is 2. The molecule has 0 bridgehead atoms. The van der Waals surface area contributed by atoms with Gasteiger partial charge in [0.1, 0.15) is 11.2 Å². The topological polar surface area (TPSA) is 40.5 Å². The van der Waals surface area contributed by atoms with Crippen LogP contribution in [0.15, 0.2) is 97.1 Å². The zero-order valence-corrected chi connectivity index (χ0v) is 17.4. The van der Waals surface area contributed by atoms with Crippen LogP contribution in [-0.2, 0) is 11.2 Å². The largest absolute Gasteiger partial charge is 0.376 e. The van der Waals surface area contributed by atoms with Crippen molar-refractivity contribution in [2.45, 2.75) is 11.2 Å². The van der Waals surface area contributed by atoms with Gasteiger partial charge >= 0.3 is 0 Å². The van der Waals surface area contributed by atoms with Gasteiger partial charge in [0, 0.05) is 32.3 Å². The van der Waals surface area contributed by atoms with E-state index in [1.54, 1.807) is 36.4 Å². The van der Waals surface area contributed by atoms with Crippen LogP contribution in [-0.4, -0.2) is 10.2 Å². The molecule has 0 saturated carbocycles. The Balaban J connectivity index is 1.98. The van der Waals surface area contributed by atoms with Crippen molar-refractivity contribution in [2.75, 3.05) is 0 Å². The minimum Gasteiger partial charge on any atom is -0.376 e. The third-order valence-electron chi connectivity index (χ3n) is 5.91. The molecular weight excluding hydrogens is 415 g/mol. The summed E-state index contributed by atoms with van der Waals surface area (Å²) in [7, 11) is 0. The zero-order valence-electron chi connectivity index (χ0n) is 15.9. The molecule has 4 aromatic rings. The van der Waals surface area contributed by atoms with Crippen molar-refractivity contribution in [3.63, 3.8) is 0 Å². The first-order chi connectivity index (χ1) is 14.5. The molecular formula is C26H18Cl2O2. The monoisotopic (exact) mass is 432 g/mol. The molecule has 0 aromatic heterocycles. The van der Waals surface area contributed by atoms with Gasteiger partial charge < -0.3 is 10.2 Å². The molecule has 5 rings (SSSR count). The smallest absolute Gasteiger partial charge is 0.142 e. The lowest BCUT2D eigenvalue weighted by atomic mass is 9.63. The second-order valence-electron chi connectivity index (χ2n) is 7.48. The molecule has 2 unspecified atom stereocenters. The van der Waals surface area contributed by atoms with Gasteiger partial charge in [-0.05, 0) is 23.3 Å². The first kappa shape index (κ1) is 19.3. The van der Waals surface area contributed by atoms with Crippen LogP contribution in [0.3, 0.4) is 0 Å². The molecule has 0 fully saturated rings. The van der Waals surface area contributed by atoms with Gasteiger partial charge in [-0.25, -0.2) is 0 Å². The number of rotatable bonds is 2. The van der Waals surface area contributed by atoms with Crippen LogP contribution in [0.1, 0.15) is 33.4 Å². The van der Waals surface area contributed by atoms with E-state index in [0.29, 0.717) is 43.4 Å². The number of halogens is 2. The van der Waals surface area contributed by atoms with Crippen LogP contribution in [0.25, 0.3) is 0 Å². The molecule has 0 spiro atoms. The van der Waals surface area contributed by atoms with E-state index < -0.39 is 11.2 Å². The average Bonchev–Trinajstić information content (AvgIpc) is 2.78. The second kappa shape index (κ2) is 6.97. The molecule has 2 nitrogen and oxygen atoms in total. The molecule has 1 aliphatic rings. The molecule has 0 amide bonds. The van der Waals surface area contributed by atoms with Crippen molar-refractivity contribution in [3.05, 3.63) is 140 Å². The molecule has 4 aromatic carbocycles. The van der Waals surface area contributed by atoms with E-state index >= 15 is 0 Å². The Morgan fingerprint density at radius 3 is 1.20 bits per heavy atom. The van der Waals surface area contributed by atoms with Crippen molar-refractivity contribution in [1.29, 1.82) is 0 Å². The summed E-state index contributed by atoms with van der Waals surface area (Å²) in [5.41, 5.74) is 0.0852. The Morgan fingerprint density at radius 2 is 0.833 bits per heavy atom. The maximum absolute atomic E-state index is 12.3. The van der Waals surface area contributed by atoms with Crippen LogP contribution >= 0.6 is 23.2 Å². The molecule has 2 N–H and O–H groups in total. The Morgan fingerprint density at radius 1 is 0.467 bits per heavy atom. The molecule has 148 valence electrons. The second-order valence-corrected chi connectivity index (χ2v) is 8.29. The highest BCUT2D eigenvalue weighted by Crippen LogP contribution is 2.56. The molecule has 30 heavy (non-hydrogen) atoms. The molecule has 4 heteroatoms. The lowest BCUT2D eigenvalue weighted by Gasteiger charge is -2.45. The van der Waals surface area contributed by atoms with Gasteiger partial charge in [-0.3, -0.25) is 0 Å². The van der Waals surface area contributed by atoms with Gasteiger partial charge in [-0.1, -0.05) is 108 Å². The van der Waals surface area contributed by atoms with Gasteiger partial charge in [-0.2, -0.15) is 0 Å². The minimum absolute atomic E-state index is 0.374. The summed E-state index contributed by atoms with van der Waals surface area (Å²) in [6.07, 6.45) is 0. The SMILES string of the molecule is OC1(c2ccccc2)c2cccc(Cl)c2C(O)(c2ccccc2)c2cccc(Cl)c21. The van der Waals surface area contributed by atoms with E-state index in [0.717, 1.165) is 0 Å². The van der Waals surface area contributed by atoms with Gasteiger partial charge in [0.15, 0.2) is 0 Å². The van der Waals surface area contributed by atoms with E-state index in [9.17, 15) is 10.2 Å². The normalized spacial score (nSPS) is 22.3. The Labute approximate surface area is 185 Å². The molecule has 0 aliphatic heterocycles. The van der Waals surface area contributed by atoms with Crippen LogP contribution in [0.5, 0.6) is 0 Å². The van der Waals surface area contributed by atoms with Gasteiger partial charge in [0.25, 0.3) is 0 Å². The van der Waals surface area contributed by atoms with E-state index in [-0.39, 0.29) is 0 Å². The summed E-state index contributed by atoms with van der Waals surface area (Å²) in [5, 5.41) is 25.3. The fourth-order valence-electron chi connectivity index (χ4n) is 4.61. The van der Waals surface area contributed by atoms with Crippen LogP contribution in [0.2, 0.25) is 10.0 Å². The van der Waals surface area contributed by atoms with Gasteiger partial charge in [0.05, 0.1) is 0 Å². The number of hydrogen-bond donors (Lipinski definition) is 2. The van der Waals surface area contributed by atoms with Gasteiger partial charge in [-0.15, -0.1) is 0 Å². The molecule has 0 radical (unpaired) electrons. The predicted octanol–water partition coefficient (Wildman–Crippen LogP) is 5.88. The van der Waals surface area contributed by atoms with E-state index in [1.807, 2.05) is 60.7 Å². The summed E-state index contributed by atoms with van der Waals surface area (Å²) in [4.78, 5) is 0. The fourth-order valence-corrected chi connectivity index (χ4v) is 5.24. The summed E-state index contributed by atoms with van der Waals surface area (Å²) in [6, 6.07) is 29.3. The van der Waals surface area contributed by atoms with E-state index in [2.05, 4.69) is 0 Å². The highest BCUT2D eigenvalue weighted by molar-refractivity contribution is 6.32. The predicted molar refractivity (Wildman–Crippen MR) is 120 cm³/mol. The van der Waals surface area contributed by atoms with Crippen molar-refractivity contribution < 1.29 is 10.2 Å². The van der Waals surface area contributed by atoms with Crippen molar-refractivity contribution >= 4 is 23.2 Å². The van der Waals surface area contributed by atoms with Gasteiger partial charge in [0.2, 0.25) is 0 Å². The maximum atomic E-state index is 12.3. The summed E-state index contributed by atoms with van der Waals surface area (Å²) >= 11 is 13.4. The number of hydrogen-bond acceptors (Lipinski definition) is 2. The van der Waals surface area contributed by atoms with Crippen LogP contribution < -0.4 is 0 Å².